The molecule has 0 unspecified atom stereocenters. The highest BCUT2D eigenvalue weighted by Crippen LogP contribution is 2.40. The molecule has 0 atom stereocenters. The van der Waals surface area contributed by atoms with Gasteiger partial charge in [-0.1, -0.05) is 12.1 Å². The second-order valence-electron chi connectivity index (χ2n) is 4.18. The van der Waals surface area contributed by atoms with Crippen LogP contribution in [0.25, 0.3) is 20.9 Å². The molecule has 2 heterocycles. The zero-order valence-electron chi connectivity index (χ0n) is 10.4. The first-order valence-corrected chi connectivity index (χ1v) is 7.64. The van der Waals surface area contributed by atoms with Crippen LogP contribution in [0.2, 0.25) is 0 Å². The van der Waals surface area contributed by atoms with Crippen LogP contribution in [-0.4, -0.2) is 6.29 Å². The average molecular weight is 324 g/mol. The van der Waals surface area contributed by atoms with E-state index in [0.717, 1.165) is 22.7 Å². The minimum Gasteiger partial charge on any atom is -0.298 e. The third-order valence-electron chi connectivity index (χ3n) is 3.02. The Morgan fingerprint density at radius 2 is 1.29 bits per heavy atom. The van der Waals surface area contributed by atoms with Crippen LogP contribution < -0.4 is 0 Å². The standard InChI is InChI=1S/C15H7F3OS2/c16-13-11(9-3-1-5-20-9)8(7-19)12(14(17)15(13)18)10-4-2-6-21-10/h1-7H. The molecule has 106 valence electrons. The van der Waals surface area contributed by atoms with E-state index in [0.29, 0.717) is 16.0 Å². The predicted molar refractivity (Wildman–Crippen MR) is 78.3 cm³/mol. The summed E-state index contributed by atoms with van der Waals surface area (Å²) in [5, 5.41) is 3.35. The van der Waals surface area contributed by atoms with E-state index in [4.69, 9.17) is 0 Å². The summed E-state index contributed by atoms with van der Waals surface area (Å²) >= 11 is 2.31. The van der Waals surface area contributed by atoms with Gasteiger partial charge >= 0.3 is 0 Å². The molecule has 0 saturated carbocycles. The summed E-state index contributed by atoms with van der Waals surface area (Å²) in [6, 6.07) is 6.43. The zero-order chi connectivity index (χ0) is 15.0. The van der Waals surface area contributed by atoms with Crippen LogP contribution in [0, 0.1) is 17.5 Å². The Bertz CT molecular complexity index is 732. The molecular formula is C15H7F3OS2. The van der Waals surface area contributed by atoms with Crippen molar-refractivity contribution in [1.29, 1.82) is 0 Å². The summed E-state index contributed by atoms with van der Waals surface area (Å²) in [5.41, 5.74) is -0.555. The monoisotopic (exact) mass is 324 g/mol. The second kappa shape index (κ2) is 5.46. The van der Waals surface area contributed by atoms with Gasteiger partial charge in [-0.2, -0.15) is 0 Å². The fourth-order valence-electron chi connectivity index (χ4n) is 2.12. The van der Waals surface area contributed by atoms with Gasteiger partial charge in [0, 0.05) is 26.4 Å². The molecule has 1 aromatic carbocycles. The number of halogens is 3. The Morgan fingerprint density at radius 1 is 0.810 bits per heavy atom. The molecule has 0 spiro atoms. The van der Waals surface area contributed by atoms with Crippen molar-refractivity contribution in [1.82, 2.24) is 0 Å². The minimum atomic E-state index is -1.56. The molecule has 3 rings (SSSR count). The maximum absolute atomic E-state index is 14.1. The topological polar surface area (TPSA) is 17.1 Å². The van der Waals surface area contributed by atoms with E-state index in [1.165, 1.54) is 0 Å². The molecule has 1 nitrogen and oxygen atoms in total. The SMILES string of the molecule is O=Cc1c(-c2cccs2)c(F)c(F)c(F)c1-c1cccs1. The van der Waals surface area contributed by atoms with Crippen molar-refractivity contribution < 1.29 is 18.0 Å². The maximum Gasteiger partial charge on any atom is 0.195 e. The summed E-state index contributed by atoms with van der Waals surface area (Å²) in [4.78, 5) is 12.2. The number of carbonyl (C=O) groups excluding carboxylic acids is 1. The first-order valence-electron chi connectivity index (χ1n) is 5.88. The van der Waals surface area contributed by atoms with Crippen LogP contribution in [0.1, 0.15) is 10.4 Å². The van der Waals surface area contributed by atoms with E-state index in [2.05, 4.69) is 0 Å². The van der Waals surface area contributed by atoms with E-state index in [9.17, 15) is 18.0 Å². The molecule has 0 amide bonds. The quantitative estimate of drug-likeness (QED) is 0.467. The highest BCUT2D eigenvalue weighted by molar-refractivity contribution is 7.14. The van der Waals surface area contributed by atoms with Crippen LogP contribution >= 0.6 is 22.7 Å². The first-order chi connectivity index (χ1) is 10.1. The molecule has 21 heavy (non-hydrogen) atoms. The van der Waals surface area contributed by atoms with Gasteiger partial charge in [-0.05, 0) is 22.9 Å². The van der Waals surface area contributed by atoms with Gasteiger partial charge in [0.05, 0.1) is 0 Å². The molecule has 3 aromatic rings. The van der Waals surface area contributed by atoms with Crippen molar-refractivity contribution in [3.63, 3.8) is 0 Å². The van der Waals surface area contributed by atoms with Crippen molar-refractivity contribution >= 4 is 29.0 Å². The Morgan fingerprint density at radius 3 is 1.62 bits per heavy atom. The molecule has 0 aliphatic rings. The third-order valence-corrected chi connectivity index (χ3v) is 4.79. The lowest BCUT2D eigenvalue weighted by Gasteiger charge is -2.12. The summed E-state index contributed by atoms with van der Waals surface area (Å²) < 4.78 is 42.2. The molecule has 0 N–H and O–H groups in total. The second-order valence-corrected chi connectivity index (χ2v) is 6.07. The summed E-state index contributed by atoms with van der Waals surface area (Å²) in [5.74, 6) is -4.23. The van der Waals surface area contributed by atoms with Crippen molar-refractivity contribution in [3.05, 3.63) is 58.0 Å². The number of hydrogen-bond donors (Lipinski definition) is 0. The van der Waals surface area contributed by atoms with Gasteiger partial charge in [0.15, 0.2) is 23.7 Å². The predicted octanol–water partition coefficient (Wildman–Crippen LogP) is 5.37. The Kier molecular flexibility index (Phi) is 3.65. The lowest BCUT2D eigenvalue weighted by molar-refractivity contribution is 0.112. The summed E-state index contributed by atoms with van der Waals surface area (Å²) in [6.07, 6.45) is 0.371. The van der Waals surface area contributed by atoms with E-state index in [1.54, 1.807) is 35.0 Å². The highest BCUT2D eigenvalue weighted by atomic mass is 32.1. The van der Waals surface area contributed by atoms with Gasteiger partial charge < -0.3 is 0 Å². The van der Waals surface area contributed by atoms with Gasteiger partial charge in [-0.25, -0.2) is 13.2 Å². The van der Waals surface area contributed by atoms with Crippen molar-refractivity contribution in [2.45, 2.75) is 0 Å². The normalized spacial score (nSPS) is 10.8. The molecule has 2 aromatic heterocycles. The van der Waals surface area contributed by atoms with Gasteiger partial charge in [0.1, 0.15) is 0 Å². The molecule has 0 saturated heterocycles. The van der Waals surface area contributed by atoms with Gasteiger partial charge in [0.2, 0.25) is 0 Å². The van der Waals surface area contributed by atoms with E-state index < -0.39 is 17.5 Å². The smallest absolute Gasteiger partial charge is 0.195 e. The molecule has 0 bridgehead atoms. The Balaban J connectivity index is 2.43. The van der Waals surface area contributed by atoms with Crippen LogP contribution in [0.4, 0.5) is 13.2 Å². The lowest BCUT2D eigenvalue weighted by Crippen LogP contribution is -2.03. The number of carbonyl (C=O) groups is 1. The van der Waals surface area contributed by atoms with Crippen LogP contribution in [0.3, 0.4) is 0 Å². The number of rotatable bonds is 3. The molecular weight excluding hydrogens is 317 g/mol. The maximum atomic E-state index is 14.1. The van der Waals surface area contributed by atoms with Crippen LogP contribution in [0.5, 0.6) is 0 Å². The molecule has 6 heteroatoms. The molecule has 0 aliphatic heterocycles. The molecule has 0 radical (unpaired) electrons. The van der Waals surface area contributed by atoms with Gasteiger partial charge in [0.25, 0.3) is 0 Å². The van der Waals surface area contributed by atoms with Crippen molar-refractivity contribution in [2.75, 3.05) is 0 Å². The fraction of sp³-hybridized carbons (Fsp3) is 0. The zero-order valence-corrected chi connectivity index (χ0v) is 12.0. The number of benzene rings is 1. The van der Waals surface area contributed by atoms with Crippen molar-refractivity contribution in [2.24, 2.45) is 0 Å². The molecule has 0 fully saturated rings. The molecule has 0 aliphatic carbocycles. The third kappa shape index (κ3) is 2.20. The minimum absolute atomic E-state index is 0.170. The number of hydrogen-bond acceptors (Lipinski definition) is 3. The Labute approximate surface area is 126 Å². The first kappa shape index (κ1) is 14.0. The van der Waals surface area contributed by atoms with Gasteiger partial charge in [-0.3, -0.25) is 4.79 Å². The highest BCUT2D eigenvalue weighted by Gasteiger charge is 2.27. The lowest BCUT2D eigenvalue weighted by atomic mass is 9.98. The Hall–Kier alpha value is -1.92. The number of thiophene rings is 2. The largest absolute Gasteiger partial charge is 0.298 e. The van der Waals surface area contributed by atoms with E-state index in [-0.39, 0.29) is 16.7 Å². The van der Waals surface area contributed by atoms with Gasteiger partial charge in [-0.15, -0.1) is 22.7 Å². The summed E-state index contributed by atoms with van der Waals surface area (Å²) in [7, 11) is 0. The van der Waals surface area contributed by atoms with Crippen LogP contribution in [0.15, 0.2) is 35.0 Å². The van der Waals surface area contributed by atoms with E-state index in [1.807, 2.05) is 0 Å². The van der Waals surface area contributed by atoms with E-state index >= 15 is 0 Å². The van der Waals surface area contributed by atoms with Crippen molar-refractivity contribution in [3.8, 4) is 20.9 Å². The number of aldehydes is 1. The summed E-state index contributed by atoms with van der Waals surface area (Å²) in [6.45, 7) is 0. The average Bonchev–Trinajstić information content (AvgIpc) is 3.17. The fourth-order valence-corrected chi connectivity index (χ4v) is 3.68. The van der Waals surface area contributed by atoms with Crippen LogP contribution in [-0.2, 0) is 0 Å².